The van der Waals surface area contributed by atoms with Gasteiger partial charge >= 0.3 is 6.18 Å². The van der Waals surface area contributed by atoms with E-state index >= 15 is 0 Å². The van der Waals surface area contributed by atoms with Gasteiger partial charge in [-0.05, 0) is 61.2 Å². The van der Waals surface area contributed by atoms with Gasteiger partial charge in [0.05, 0.1) is 18.8 Å². The number of halogens is 4. The Morgan fingerprint density at radius 2 is 1.77 bits per heavy atom. The van der Waals surface area contributed by atoms with Gasteiger partial charge in [0.1, 0.15) is 5.82 Å². The number of alkyl halides is 3. The average molecular weight is 438 g/mol. The topological polar surface area (TPSA) is 12.5 Å². The first-order valence-corrected chi connectivity index (χ1v) is 11.1. The van der Waals surface area contributed by atoms with Gasteiger partial charge in [-0.15, -0.1) is 0 Å². The highest BCUT2D eigenvalue weighted by molar-refractivity contribution is 5.29. The third-order valence-electron chi connectivity index (χ3n) is 6.11. The monoisotopic (exact) mass is 437 g/mol. The minimum Gasteiger partial charge on any atom is -0.376 e. The van der Waals surface area contributed by atoms with Gasteiger partial charge in [-0.1, -0.05) is 50.1 Å². The van der Waals surface area contributed by atoms with Crippen molar-refractivity contribution in [3.63, 3.8) is 0 Å². The van der Waals surface area contributed by atoms with Gasteiger partial charge in [-0.25, -0.2) is 4.39 Å². The molecule has 170 valence electrons. The lowest BCUT2D eigenvalue weighted by molar-refractivity contribution is -0.139. The molecule has 0 aliphatic carbocycles. The second-order valence-electron chi connectivity index (χ2n) is 8.38. The molecule has 0 radical (unpaired) electrons. The van der Waals surface area contributed by atoms with Crippen molar-refractivity contribution in [2.24, 2.45) is 5.92 Å². The molecule has 2 aromatic carbocycles. The number of benzene rings is 2. The minimum absolute atomic E-state index is 0.0713. The first kappa shape index (κ1) is 23.7. The molecule has 0 unspecified atom stereocenters. The molecule has 3 rings (SSSR count). The Labute approximate surface area is 182 Å². The summed E-state index contributed by atoms with van der Waals surface area (Å²) in [5.74, 6) is 0.0945. The molecule has 2 atom stereocenters. The van der Waals surface area contributed by atoms with E-state index in [0.717, 1.165) is 50.5 Å². The van der Waals surface area contributed by atoms with Crippen LogP contribution in [-0.2, 0) is 17.5 Å². The van der Waals surface area contributed by atoms with Gasteiger partial charge in [0, 0.05) is 12.5 Å². The van der Waals surface area contributed by atoms with Crippen molar-refractivity contribution in [2.75, 3.05) is 26.2 Å². The summed E-state index contributed by atoms with van der Waals surface area (Å²) < 4.78 is 59.0. The summed E-state index contributed by atoms with van der Waals surface area (Å²) in [4.78, 5) is 2.42. The molecule has 0 N–H and O–H groups in total. The summed E-state index contributed by atoms with van der Waals surface area (Å²) in [6, 6.07) is 12.1. The second-order valence-corrected chi connectivity index (χ2v) is 8.38. The standard InChI is InChI=1S/C25H31F4NO/c1-2-3-6-14-30-15-13-23(19-9-11-22(26)12-10-19)21(16-30)18-31-17-20-7-4-5-8-24(20)25(27,28)29/h4-5,7-12,21,23H,2-3,6,13-18H2,1H3/t21-,23-/m0/s1. The van der Waals surface area contributed by atoms with Crippen molar-refractivity contribution < 1.29 is 22.3 Å². The van der Waals surface area contributed by atoms with Crippen molar-refractivity contribution in [3.8, 4) is 0 Å². The smallest absolute Gasteiger partial charge is 0.376 e. The Balaban J connectivity index is 1.67. The van der Waals surface area contributed by atoms with E-state index < -0.39 is 11.7 Å². The average Bonchev–Trinajstić information content (AvgIpc) is 2.75. The second kappa shape index (κ2) is 11.1. The molecule has 31 heavy (non-hydrogen) atoms. The van der Waals surface area contributed by atoms with Crippen LogP contribution in [-0.4, -0.2) is 31.1 Å². The number of piperidine rings is 1. The Hall–Kier alpha value is -1.92. The maximum atomic E-state index is 13.4. The summed E-state index contributed by atoms with van der Waals surface area (Å²) in [6.45, 7) is 5.32. The van der Waals surface area contributed by atoms with Gasteiger partial charge < -0.3 is 9.64 Å². The summed E-state index contributed by atoms with van der Waals surface area (Å²) in [5.41, 5.74) is 0.581. The lowest BCUT2D eigenvalue weighted by Crippen LogP contribution is -2.41. The molecule has 1 aliphatic heterocycles. The van der Waals surface area contributed by atoms with E-state index in [0.29, 0.717) is 6.61 Å². The molecule has 0 saturated carbocycles. The molecule has 0 amide bonds. The van der Waals surface area contributed by atoms with Crippen LogP contribution in [0.4, 0.5) is 17.6 Å². The molecular weight excluding hydrogens is 406 g/mol. The van der Waals surface area contributed by atoms with E-state index in [2.05, 4.69) is 11.8 Å². The predicted molar refractivity (Wildman–Crippen MR) is 114 cm³/mol. The molecule has 6 heteroatoms. The SMILES string of the molecule is CCCCCN1CC[C@@H](c2ccc(F)cc2)[C@H](COCc2ccccc2C(F)(F)F)C1. The van der Waals surface area contributed by atoms with Gasteiger partial charge in [0.2, 0.25) is 0 Å². The van der Waals surface area contributed by atoms with Crippen LogP contribution in [0.15, 0.2) is 48.5 Å². The molecule has 2 aromatic rings. The summed E-state index contributed by atoms with van der Waals surface area (Å²) in [5, 5.41) is 0. The highest BCUT2D eigenvalue weighted by Crippen LogP contribution is 2.35. The third-order valence-corrected chi connectivity index (χ3v) is 6.11. The molecule has 0 bridgehead atoms. The van der Waals surface area contributed by atoms with E-state index in [-0.39, 0.29) is 29.8 Å². The largest absolute Gasteiger partial charge is 0.416 e. The zero-order valence-corrected chi connectivity index (χ0v) is 18.0. The highest BCUT2D eigenvalue weighted by atomic mass is 19.4. The van der Waals surface area contributed by atoms with Gasteiger partial charge in [-0.2, -0.15) is 13.2 Å². The molecule has 0 spiro atoms. The van der Waals surface area contributed by atoms with Crippen molar-refractivity contribution >= 4 is 0 Å². The Morgan fingerprint density at radius 3 is 2.48 bits per heavy atom. The van der Waals surface area contributed by atoms with Gasteiger partial charge in [0.15, 0.2) is 0 Å². The van der Waals surface area contributed by atoms with Crippen molar-refractivity contribution in [2.45, 2.75) is 51.3 Å². The number of rotatable bonds is 9. The molecule has 1 heterocycles. The van der Waals surface area contributed by atoms with Crippen LogP contribution in [0.3, 0.4) is 0 Å². The van der Waals surface area contributed by atoms with E-state index in [9.17, 15) is 17.6 Å². The molecular formula is C25H31F4NO. The molecule has 1 aliphatic rings. The number of unbranched alkanes of at least 4 members (excludes halogenated alkanes) is 2. The molecule has 0 aromatic heterocycles. The summed E-state index contributed by atoms with van der Waals surface area (Å²) in [6.07, 6.45) is 0.0389. The van der Waals surface area contributed by atoms with E-state index in [1.54, 1.807) is 6.07 Å². The van der Waals surface area contributed by atoms with Gasteiger partial charge in [-0.3, -0.25) is 0 Å². The van der Waals surface area contributed by atoms with E-state index in [4.69, 9.17) is 4.74 Å². The maximum absolute atomic E-state index is 13.4. The van der Waals surface area contributed by atoms with E-state index in [1.807, 2.05) is 12.1 Å². The normalized spacial score (nSPS) is 20.2. The van der Waals surface area contributed by atoms with Crippen LogP contribution >= 0.6 is 0 Å². The quantitative estimate of drug-likeness (QED) is 0.321. The fourth-order valence-electron chi connectivity index (χ4n) is 4.46. The maximum Gasteiger partial charge on any atom is 0.416 e. The van der Waals surface area contributed by atoms with Crippen molar-refractivity contribution in [1.29, 1.82) is 0 Å². The van der Waals surface area contributed by atoms with Crippen molar-refractivity contribution in [3.05, 3.63) is 71.0 Å². The Kier molecular flexibility index (Phi) is 8.50. The zero-order chi connectivity index (χ0) is 22.3. The van der Waals surface area contributed by atoms with Crippen LogP contribution in [0.1, 0.15) is 55.2 Å². The fraction of sp³-hybridized carbons (Fsp3) is 0.520. The Morgan fingerprint density at radius 1 is 1.03 bits per heavy atom. The number of ether oxygens (including phenoxy) is 1. The van der Waals surface area contributed by atoms with E-state index in [1.165, 1.54) is 30.7 Å². The first-order chi connectivity index (χ1) is 14.9. The number of nitrogens with zero attached hydrogens (tertiary/aromatic N) is 1. The van der Waals surface area contributed by atoms with Crippen LogP contribution in [0.25, 0.3) is 0 Å². The lowest BCUT2D eigenvalue weighted by Gasteiger charge is -2.39. The predicted octanol–water partition coefficient (Wildman–Crippen LogP) is 6.66. The van der Waals surface area contributed by atoms with Crippen LogP contribution in [0, 0.1) is 11.7 Å². The van der Waals surface area contributed by atoms with Gasteiger partial charge in [0.25, 0.3) is 0 Å². The van der Waals surface area contributed by atoms with Crippen LogP contribution in [0.5, 0.6) is 0 Å². The fourth-order valence-corrected chi connectivity index (χ4v) is 4.46. The third kappa shape index (κ3) is 6.78. The Bertz CT molecular complexity index is 806. The number of likely N-dealkylation sites (tertiary alicyclic amines) is 1. The highest BCUT2D eigenvalue weighted by Gasteiger charge is 2.33. The zero-order valence-electron chi connectivity index (χ0n) is 18.0. The molecule has 1 fully saturated rings. The number of hydrogen-bond donors (Lipinski definition) is 0. The van der Waals surface area contributed by atoms with Crippen molar-refractivity contribution in [1.82, 2.24) is 4.90 Å². The lowest BCUT2D eigenvalue weighted by atomic mass is 9.80. The molecule has 1 saturated heterocycles. The van der Waals surface area contributed by atoms with Crippen LogP contribution in [0.2, 0.25) is 0 Å². The van der Waals surface area contributed by atoms with Crippen LogP contribution < -0.4 is 0 Å². The molecule has 2 nitrogen and oxygen atoms in total. The summed E-state index contributed by atoms with van der Waals surface area (Å²) in [7, 11) is 0. The summed E-state index contributed by atoms with van der Waals surface area (Å²) >= 11 is 0. The number of hydrogen-bond acceptors (Lipinski definition) is 2. The first-order valence-electron chi connectivity index (χ1n) is 11.1. The minimum atomic E-state index is -4.39.